The lowest BCUT2D eigenvalue weighted by Gasteiger charge is -2.15. The van der Waals surface area contributed by atoms with E-state index in [1.807, 2.05) is 38.1 Å². The molecule has 0 fully saturated rings. The average molecular weight is 220 g/mol. The first-order valence-electron chi connectivity index (χ1n) is 5.72. The van der Waals surface area contributed by atoms with Crippen LogP contribution in [0.5, 0.6) is 0 Å². The van der Waals surface area contributed by atoms with Crippen molar-refractivity contribution in [3.8, 4) is 0 Å². The monoisotopic (exact) mass is 220 g/mol. The maximum Gasteiger partial charge on any atom is 0.188 e. The number of ketones is 1. The summed E-state index contributed by atoms with van der Waals surface area (Å²) < 4.78 is 5.50. The summed E-state index contributed by atoms with van der Waals surface area (Å²) in [5.74, 6) is 0.485. The molecule has 0 spiro atoms. The minimum absolute atomic E-state index is 0.0486. The Morgan fingerprint density at radius 1 is 1.19 bits per heavy atom. The minimum atomic E-state index is 0.0486. The van der Waals surface area contributed by atoms with Crippen molar-refractivity contribution in [1.82, 2.24) is 0 Å². The van der Waals surface area contributed by atoms with Crippen LogP contribution in [0.1, 0.15) is 36.7 Å². The van der Waals surface area contributed by atoms with Crippen LogP contribution >= 0.6 is 0 Å². The highest BCUT2D eigenvalue weighted by molar-refractivity contribution is 5.97. The summed E-state index contributed by atoms with van der Waals surface area (Å²) in [6.07, 6.45) is 0.120. The van der Waals surface area contributed by atoms with Gasteiger partial charge in [0.2, 0.25) is 0 Å². The van der Waals surface area contributed by atoms with Gasteiger partial charge in [0.15, 0.2) is 5.78 Å². The lowest BCUT2D eigenvalue weighted by atomic mass is 10.1. The lowest BCUT2D eigenvalue weighted by Crippen LogP contribution is -2.20. The van der Waals surface area contributed by atoms with Crippen molar-refractivity contribution in [2.75, 3.05) is 6.61 Å². The molecule has 0 aliphatic carbocycles. The third-order valence-electron chi connectivity index (χ3n) is 2.79. The zero-order valence-electron chi connectivity index (χ0n) is 10.5. The third-order valence-corrected chi connectivity index (χ3v) is 2.79. The normalized spacial score (nSPS) is 12.8. The zero-order valence-corrected chi connectivity index (χ0v) is 10.5. The van der Waals surface area contributed by atoms with Crippen LogP contribution < -0.4 is 0 Å². The zero-order chi connectivity index (χ0) is 12.1. The molecule has 1 aromatic rings. The van der Waals surface area contributed by atoms with Crippen LogP contribution in [0.25, 0.3) is 0 Å². The fourth-order valence-electron chi connectivity index (χ4n) is 1.22. The molecule has 0 amide bonds. The molecule has 0 aliphatic rings. The molecule has 1 atom stereocenters. The van der Waals surface area contributed by atoms with Crippen LogP contribution in [0, 0.1) is 12.8 Å². The van der Waals surface area contributed by atoms with Gasteiger partial charge >= 0.3 is 0 Å². The van der Waals surface area contributed by atoms with Crippen LogP contribution in [-0.2, 0) is 4.74 Å². The summed E-state index contributed by atoms with van der Waals surface area (Å²) in [7, 11) is 0. The largest absolute Gasteiger partial charge is 0.370 e. The van der Waals surface area contributed by atoms with Gasteiger partial charge in [0.25, 0.3) is 0 Å². The van der Waals surface area contributed by atoms with E-state index in [4.69, 9.17) is 4.74 Å². The highest BCUT2D eigenvalue weighted by Gasteiger charge is 2.11. The highest BCUT2D eigenvalue weighted by Crippen LogP contribution is 2.08. The molecule has 2 heteroatoms. The summed E-state index contributed by atoms with van der Waals surface area (Å²) >= 11 is 0. The molecule has 0 bridgehead atoms. The molecule has 1 unspecified atom stereocenters. The highest BCUT2D eigenvalue weighted by atomic mass is 16.5. The van der Waals surface area contributed by atoms with E-state index in [1.165, 1.54) is 0 Å². The molecule has 1 rings (SSSR count). The maximum atomic E-state index is 11.8. The molecule has 0 aromatic heterocycles. The van der Waals surface area contributed by atoms with Crippen LogP contribution in [0.15, 0.2) is 24.3 Å². The number of ether oxygens (including phenoxy) is 1. The predicted molar refractivity (Wildman–Crippen MR) is 65.8 cm³/mol. The molecule has 0 aliphatic heterocycles. The topological polar surface area (TPSA) is 26.3 Å². The van der Waals surface area contributed by atoms with Crippen LogP contribution in [0.4, 0.5) is 0 Å². The standard InChI is InChI=1S/C14H20O2/c1-10(2)12(4)16-9-14(15)13-7-5-11(3)6-8-13/h5-8,10,12H,9H2,1-4H3. The molecule has 2 nitrogen and oxygen atoms in total. The molecular weight excluding hydrogens is 200 g/mol. The fourth-order valence-corrected chi connectivity index (χ4v) is 1.22. The molecule has 16 heavy (non-hydrogen) atoms. The van der Waals surface area contributed by atoms with E-state index in [9.17, 15) is 4.79 Å². The van der Waals surface area contributed by atoms with E-state index in [0.29, 0.717) is 5.92 Å². The minimum Gasteiger partial charge on any atom is -0.370 e. The van der Waals surface area contributed by atoms with E-state index in [1.54, 1.807) is 0 Å². The van der Waals surface area contributed by atoms with Crippen molar-refractivity contribution in [3.05, 3.63) is 35.4 Å². The maximum absolute atomic E-state index is 11.8. The first-order chi connectivity index (χ1) is 7.50. The van der Waals surface area contributed by atoms with E-state index in [-0.39, 0.29) is 18.5 Å². The van der Waals surface area contributed by atoms with Gasteiger partial charge in [-0.1, -0.05) is 43.7 Å². The smallest absolute Gasteiger partial charge is 0.188 e. The third kappa shape index (κ3) is 3.78. The number of Topliss-reactive ketones (excluding diaryl/α,β-unsaturated/α-hetero) is 1. The first kappa shape index (κ1) is 12.9. The molecule has 0 N–H and O–H groups in total. The van der Waals surface area contributed by atoms with E-state index < -0.39 is 0 Å². The second-order valence-electron chi connectivity index (χ2n) is 4.55. The quantitative estimate of drug-likeness (QED) is 0.712. The van der Waals surface area contributed by atoms with Crippen LogP contribution in [0.2, 0.25) is 0 Å². The molecule has 88 valence electrons. The number of carbonyl (C=O) groups excluding carboxylic acids is 1. The molecule has 0 radical (unpaired) electrons. The SMILES string of the molecule is Cc1ccc(C(=O)COC(C)C(C)C)cc1. The second kappa shape index (κ2) is 5.80. The van der Waals surface area contributed by atoms with Gasteiger partial charge in [-0.2, -0.15) is 0 Å². The number of benzene rings is 1. The van der Waals surface area contributed by atoms with E-state index in [0.717, 1.165) is 11.1 Å². The number of hydrogen-bond donors (Lipinski definition) is 0. The number of aryl methyl sites for hydroxylation is 1. The molecular formula is C14H20O2. The summed E-state index contributed by atoms with van der Waals surface area (Å²) in [5, 5.41) is 0. The van der Waals surface area contributed by atoms with Crippen molar-refractivity contribution in [2.45, 2.75) is 33.8 Å². The van der Waals surface area contributed by atoms with Gasteiger partial charge in [0.1, 0.15) is 6.61 Å². The van der Waals surface area contributed by atoms with Crippen LogP contribution in [-0.4, -0.2) is 18.5 Å². The van der Waals surface area contributed by atoms with E-state index >= 15 is 0 Å². The van der Waals surface area contributed by atoms with Gasteiger partial charge in [-0.05, 0) is 19.8 Å². The van der Waals surface area contributed by atoms with Crippen molar-refractivity contribution >= 4 is 5.78 Å². The number of carbonyl (C=O) groups is 1. The summed E-state index contributed by atoms with van der Waals surface area (Å²) in [5.41, 5.74) is 1.88. The Bertz CT molecular complexity index is 338. The molecule has 0 saturated heterocycles. The molecule has 1 aromatic carbocycles. The summed E-state index contributed by atoms with van der Waals surface area (Å²) in [6, 6.07) is 7.58. The summed E-state index contributed by atoms with van der Waals surface area (Å²) in [6.45, 7) is 8.34. The number of rotatable bonds is 5. The second-order valence-corrected chi connectivity index (χ2v) is 4.55. The Morgan fingerprint density at radius 3 is 2.25 bits per heavy atom. The van der Waals surface area contributed by atoms with Crippen LogP contribution in [0.3, 0.4) is 0 Å². The fraction of sp³-hybridized carbons (Fsp3) is 0.500. The Kier molecular flexibility index (Phi) is 4.69. The Balaban J connectivity index is 2.50. The van der Waals surface area contributed by atoms with Gasteiger partial charge < -0.3 is 4.74 Å². The predicted octanol–water partition coefficient (Wildman–Crippen LogP) is 3.24. The average Bonchev–Trinajstić information content (AvgIpc) is 2.26. The van der Waals surface area contributed by atoms with Gasteiger partial charge in [-0.15, -0.1) is 0 Å². The van der Waals surface area contributed by atoms with Crippen molar-refractivity contribution in [1.29, 1.82) is 0 Å². The van der Waals surface area contributed by atoms with Crippen molar-refractivity contribution in [3.63, 3.8) is 0 Å². The summed E-state index contributed by atoms with van der Waals surface area (Å²) in [4.78, 5) is 11.8. The Morgan fingerprint density at radius 2 is 1.75 bits per heavy atom. The van der Waals surface area contributed by atoms with Crippen molar-refractivity contribution < 1.29 is 9.53 Å². The lowest BCUT2D eigenvalue weighted by molar-refractivity contribution is 0.0336. The molecule has 0 saturated carbocycles. The van der Waals surface area contributed by atoms with Gasteiger partial charge in [0, 0.05) is 5.56 Å². The van der Waals surface area contributed by atoms with E-state index in [2.05, 4.69) is 13.8 Å². The van der Waals surface area contributed by atoms with Gasteiger partial charge in [-0.3, -0.25) is 4.79 Å². The van der Waals surface area contributed by atoms with Crippen molar-refractivity contribution in [2.24, 2.45) is 5.92 Å². The molecule has 0 heterocycles. The van der Waals surface area contributed by atoms with Gasteiger partial charge in [-0.25, -0.2) is 0 Å². The first-order valence-corrected chi connectivity index (χ1v) is 5.72. The van der Waals surface area contributed by atoms with Gasteiger partial charge in [0.05, 0.1) is 6.10 Å². The Hall–Kier alpha value is -1.15. The number of hydrogen-bond acceptors (Lipinski definition) is 2. The Labute approximate surface area is 97.6 Å².